The fourth-order valence-corrected chi connectivity index (χ4v) is 1.38. The summed E-state index contributed by atoms with van der Waals surface area (Å²) >= 11 is 0. The van der Waals surface area contributed by atoms with E-state index in [0.717, 1.165) is 19.4 Å². The van der Waals surface area contributed by atoms with Gasteiger partial charge in [-0.1, -0.05) is 0 Å². The van der Waals surface area contributed by atoms with Crippen LogP contribution in [0.3, 0.4) is 0 Å². The van der Waals surface area contributed by atoms with Gasteiger partial charge in [-0.2, -0.15) is 0 Å². The summed E-state index contributed by atoms with van der Waals surface area (Å²) in [7, 11) is 1.60. The van der Waals surface area contributed by atoms with Gasteiger partial charge in [-0.25, -0.2) is 0 Å². The van der Waals surface area contributed by atoms with Gasteiger partial charge in [-0.05, 0) is 12.8 Å². The molecule has 0 spiro atoms. The van der Waals surface area contributed by atoms with Crippen LogP contribution in [0.4, 0.5) is 0 Å². The van der Waals surface area contributed by atoms with Crippen molar-refractivity contribution in [2.45, 2.75) is 18.9 Å². The van der Waals surface area contributed by atoms with Crippen molar-refractivity contribution in [3.63, 3.8) is 0 Å². The van der Waals surface area contributed by atoms with Crippen molar-refractivity contribution in [3.8, 4) is 0 Å². The largest absolute Gasteiger partial charge is 0.390 e. The second-order valence-corrected chi connectivity index (χ2v) is 3.00. The predicted molar refractivity (Wildman–Crippen MR) is 41.4 cm³/mol. The first kappa shape index (κ1) is 8.97. The van der Waals surface area contributed by atoms with Gasteiger partial charge in [0.1, 0.15) is 0 Å². The fraction of sp³-hybridized carbons (Fsp3) is 1.00. The number of aliphatic hydroxyl groups excluding tert-OH is 1. The van der Waals surface area contributed by atoms with E-state index in [0.29, 0.717) is 13.2 Å². The number of aliphatic hydroxyl groups is 1. The maximum atomic E-state index is 9.47. The minimum atomic E-state index is -0.347. The van der Waals surface area contributed by atoms with Gasteiger partial charge in [0.05, 0.1) is 19.3 Å². The van der Waals surface area contributed by atoms with Crippen molar-refractivity contribution in [2.75, 3.05) is 26.9 Å². The van der Waals surface area contributed by atoms with Crippen molar-refractivity contribution < 1.29 is 14.6 Å². The van der Waals surface area contributed by atoms with Gasteiger partial charge in [-0.3, -0.25) is 0 Å². The maximum absolute atomic E-state index is 9.47. The first-order valence-corrected chi connectivity index (χ1v) is 4.09. The maximum Gasteiger partial charge on any atom is 0.0823 e. The topological polar surface area (TPSA) is 38.7 Å². The monoisotopic (exact) mass is 160 g/mol. The Kier molecular flexibility index (Phi) is 3.83. The van der Waals surface area contributed by atoms with Gasteiger partial charge in [0.2, 0.25) is 0 Å². The Bertz CT molecular complexity index is 99.5. The van der Waals surface area contributed by atoms with Gasteiger partial charge < -0.3 is 14.6 Å². The van der Waals surface area contributed by atoms with E-state index in [1.807, 2.05) is 0 Å². The molecule has 0 amide bonds. The molecule has 1 aliphatic heterocycles. The van der Waals surface area contributed by atoms with Gasteiger partial charge in [0.15, 0.2) is 0 Å². The number of methoxy groups -OCH3 is 1. The molecular weight excluding hydrogens is 144 g/mol. The van der Waals surface area contributed by atoms with Crippen molar-refractivity contribution in [3.05, 3.63) is 0 Å². The summed E-state index contributed by atoms with van der Waals surface area (Å²) < 4.78 is 10.1. The smallest absolute Gasteiger partial charge is 0.0823 e. The third kappa shape index (κ3) is 2.77. The Hall–Kier alpha value is -0.120. The quantitative estimate of drug-likeness (QED) is 0.650. The average molecular weight is 160 g/mol. The number of hydrogen-bond donors (Lipinski definition) is 1. The molecule has 11 heavy (non-hydrogen) atoms. The Morgan fingerprint density at radius 3 is 3.09 bits per heavy atom. The highest BCUT2D eigenvalue weighted by molar-refractivity contribution is 4.70. The molecule has 1 N–H and O–H groups in total. The molecule has 2 unspecified atom stereocenters. The van der Waals surface area contributed by atoms with Crippen molar-refractivity contribution in [1.82, 2.24) is 0 Å². The van der Waals surface area contributed by atoms with Crippen LogP contribution >= 0.6 is 0 Å². The van der Waals surface area contributed by atoms with Crippen molar-refractivity contribution in [1.29, 1.82) is 0 Å². The molecule has 0 radical (unpaired) electrons. The zero-order chi connectivity index (χ0) is 8.10. The molecule has 66 valence electrons. The molecule has 0 aromatic carbocycles. The lowest BCUT2D eigenvalue weighted by molar-refractivity contribution is -0.0380. The van der Waals surface area contributed by atoms with Crippen molar-refractivity contribution >= 4 is 0 Å². The summed E-state index contributed by atoms with van der Waals surface area (Å²) in [5, 5.41) is 9.47. The minimum absolute atomic E-state index is 0.281. The normalized spacial score (nSPS) is 28.4. The Labute approximate surface area is 67.3 Å². The summed E-state index contributed by atoms with van der Waals surface area (Å²) in [5.74, 6) is 0.281. The average Bonchev–Trinajstić information content (AvgIpc) is 2.07. The summed E-state index contributed by atoms with van der Waals surface area (Å²) in [6.45, 7) is 1.95. The summed E-state index contributed by atoms with van der Waals surface area (Å²) in [6.07, 6.45) is 1.77. The second kappa shape index (κ2) is 4.70. The fourth-order valence-electron chi connectivity index (χ4n) is 1.38. The van der Waals surface area contributed by atoms with E-state index in [2.05, 4.69) is 0 Å². The number of rotatable bonds is 3. The molecule has 3 nitrogen and oxygen atoms in total. The molecular formula is C8H16O3. The Balaban J connectivity index is 2.21. The van der Waals surface area contributed by atoms with E-state index in [1.54, 1.807) is 7.11 Å². The number of hydrogen-bond acceptors (Lipinski definition) is 3. The molecule has 0 saturated carbocycles. The molecule has 0 aromatic rings. The van der Waals surface area contributed by atoms with Crippen LogP contribution in [0.25, 0.3) is 0 Å². The second-order valence-electron chi connectivity index (χ2n) is 3.00. The molecule has 0 bridgehead atoms. The van der Waals surface area contributed by atoms with Crippen LogP contribution in [-0.2, 0) is 9.47 Å². The van der Waals surface area contributed by atoms with Crippen molar-refractivity contribution in [2.24, 2.45) is 5.92 Å². The highest BCUT2D eigenvalue weighted by Crippen LogP contribution is 2.17. The highest BCUT2D eigenvalue weighted by atomic mass is 16.5. The van der Waals surface area contributed by atoms with E-state index < -0.39 is 0 Å². The zero-order valence-electron chi connectivity index (χ0n) is 6.95. The Morgan fingerprint density at radius 2 is 2.55 bits per heavy atom. The van der Waals surface area contributed by atoms with Crippen LogP contribution in [-0.4, -0.2) is 38.1 Å². The molecule has 1 aliphatic rings. The Morgan fingerprint density at radius 1 is 1.73 bits per heavy atom. The molecule has 0 aliphatic carbocycles. The van der Waals surface area contributed by atoms with Gasteiger partial charge in [-0.15, -0.1) is 0 Å². The zero-order valence-corrected chi connectivity index (χ0v) is 6.95. The lowest BCUT2D eigenvalue weighted by atomic mass is 9.96. The standard InChI is InChI=1S/C8H16O3/c1-10-6-8(9)7-3-2-4-11-5-7/h7-9H,2-6H2,1H3. The van der Waals surface area contributed by atoms with Crippen LogP contribution < -0.4 is 0 Å². The molecule has 1 saturated heterocycles. The lowest BCUT2D eigenvalue weighted by Crippen LogP contribution is -2.32. The predicted octanol–water partition coefficient (Wildman–Crippen LogP) is 0.420. The summed E-state index contributed by atoms with van der Waals surface area (Å²) in [6, 6.07) is 0. The summed E-state index contributed by atoms with van der Waals surface area (Å²) in [4.78, 5) is 0. The van der Waals surface area contributed by atoms with Crippen LogP contribution in [0, 0.1) is 5.92 Å². The van der Waals surface area contributed by atoms with E-state index in [-0.39, 0.29) is 12.0 Å². The first-order valence-electron chi connectivity index (χ1n) is 4.09. The van der Waals surface area contributed by atoms with Crippen LogP contribution in [0.2, 0.25) is 0 Å². The number of ether oxygens (including phenoxy) is 2. The van der Waals surface area contributed by atoms with Crippen LogP contribution in [0.5, 0.6) is 0 Å². The molecule has 0 aromatic heterocycles. The van der Waals surface area contributed by atoms with Gasteiger partial charge in [0.25, 0.3) is 0 Å². The summed E-state index contributed by atoms with van der Waals surface area (Å²) in [5.41, 5.74) is 0. The van der Waals surface area contributed by atoms with E-state index in [4.69, 9.17) is 9.47 Å². The van der Waals surface area contributed by atoms with Crippen LogP contribution in [0.1, 0.15) is 12.8 Å². The SMILES string of the molecule is COCC(O)C1CCCOC1. The van der Waals surface area contributed by atoms with E-state index in [1.165, 1.54) is 0 Å². The third-order valence-electron chi connectivity index (χ3n) is 2.08. The van der Waals surface area contributed by atoms with Gasteiger partial charge in [0, 0.05) is 19.6 Å². The minimum Gasteiger partial charge on any atom is -0.390 e. The molecule has 1 fully saturated rings. The van der Waals surface area contributed by atoms with Gasteiger partial charge >= 0.3 is 0 Å². The molecule has 3 heteroatoms. The van der Waals surface area contributed by atoms with E-state index >= 15 is 0 Å². The first-order chi connectivity index (χ1) is 5.34. The third-order valence-corrected chi connectivity index (χ3v) is 2.08. The lowest BCUT2D eigenvalue weighted by Gasteiger charge is -2.25. The van der Waals surface area contributed by atoms with Crippen LogP contribution in [0.15, 0.2) is 0 Å². The molecule has 2 atom stereocenters. The highest BCUT2D eigenvalue weighted by Gasteiger charge is 2.21. The van der Waals surface area contributed by atoms with E-state index in [9.17, 15) is 5.11 Å². The molecule has 1 heterocycles. The molecule has 1 rings (SSSR count).